The number of nitrogens with one attached hydrogen (secondary N) is 1. The van der Waals surface area contributed by atoms with E-state index < -0.39 is 11.8 Å². The van der Waals surface area contributed by atoms with Gasteiger partial charge < -0.3 is 9.47 Å². The summed E-state index contributed by atoms with van der Waals surface area (Å²) >= 11 is 17.8. The fourth-order valence-corrected chi connectivity index (χ4v) is 5.24. The van der Waals surface area contributed by atoms with Gasteiger partial charge in [0.25, 0.3) is 11.8 Å². The molecule has 4 aromatic rings. The summed E-state index contributed by atoms with van der Waals surface area (Å²) in [5.74, 6) is -0.263. The molecular weight excluding hydrogens is 579 g/mol. The van der Waals surface area contributed by atoms with Crippen molar-refractivity contribution in [3.05, 3.63) is 118 Å². The van der Waals surface area contributed by atoms with Crippen LogP contribution >= 0.6 is 35.4 Å². The predicted octanol–water partition coefficient (Wildman–Crippen LogP) is 7.29. The monoisotopic (exact) mass is 602 g/mol. The zero-order valence-electron chi connectivity index (χ0n) is 21.9. The van der Waals surface area contributed by atoms with Crippen molar-refractivity contribution in [3.8, 4) is 11.5 Å². The Balaban J connectivity index is 1.49. The minimum Gasteiger partial charge on any atom is -0.493 e. The van der Waals surface area contributed by atoms with Crippen LogP contribution in [0.5, 0.6) is 11.5 Å². The van der Waals surface area contributed by atoms with Crippen LogP contribution in [0.2, 0.25) is 10.0 Å². The third-order valence-corrected chi connectivity index (χ3v) is 7.61. The number of carbonyl (C=O) groups excluding carboxylic acids is 2. The summed E-state index contributed by atoms with van der Waals surface area (Å²) in [5, 5.41) is 5.13. The van der Waals surface area contributed by atoms with Gasteiger partial charge in [0.2, 0.25) is 0 Å². The highest BCUT2D eigenvalue weighted by atomic mass is 35.5. The molecule has 0 radical (unpaired) electrons. The van der Waals surface area contributed by atoms with Gasteiger partial charge in [0.15, 0.2) is 16.6 Å². The lowest BCUT2D eigenvalue weighted by atomic mass is 10.0. The molecule has 2 amide bonds. The summed E-state index contributed by atoms with van der Waals surface area (Å²) in [6.45, 7) is 4.19. The molecule has 0 unspecified atom stereocenters. The molecule has 0 aliphatic carbocycles. The molecule has 9 heteroatoms. The Morgan fingerprint density at radius 1 is 1.00 bits per heavy atom. The van der Waals surface area contributed by atoms with Gasteiger partial charge in [-0.1, -0.05) is 71.7 Å². The van der Waals surface area contributed by atoms with E-state index in [9.17, 15) is 9.59 Å². The van der Waals surface area contributed by atoms with E-state index in [0.717, 1.165) is 26.8 Å². The Morgan fingerprint density at radius 3 is 2.54 bits per heavy atom. The van der Waals surface area contributed by atoms with Crippen LogP contribution in [0.1, 0.15) is 16.7 Å². The van der Waals surface area contributed by atoms with E-state index in [4.69, 9.17) is 44.9 Å². The average molecular weight is 604 g/mol. The second kappa shape index (κ2) is 12.1. The van der Waals surface area contributed by atoms with Gasteiger partial charge in [0.1, 0.15) is 12.2 Å². The van der Waals surface area contributed by atoms with Gasteiger partial charge in [-0.15, -0.1) is 6.58 Å². The largest absolute Gasteiger partial charge is 0.493 e. The molecule has 6 nitrogen and oxygen atoms in total. The van der Waals surface area contributed by atoms with Crippen molar-refractivity contribution in [3.63, 3.8) is 0 Å². The normalized spacial score (nSPS) is 14.4. The quantitative estimate of drug-likeness (QED) is 0.0992. The summed E-state index contributed by atoms with van der Waals surface area (Å²) in [5.41, 5.74) is 2.47. The maximum absolute atomic E-state index is 13.5. The average Bonchev–Trinajstić information content (AvgIpc) is 2.96. The van der Waals surface area contributed by atoms with E-state index in [1.54, 1.807) is 30.3 Å². The number of halogens is 2. The molecule has 1 aliphatic rings. The molecule has 0 saturated carbocycles. The number of amides is 2. The molecule has 1 fully saturated rings. The number of methoxy groups -OCH3 is 1. The van der Waals surface area contributed by atoms with Gasteiger partial charge in [0, 0.05) is 5.56 Å². The number of thiocarbonyl (C=S) groups is 1. The lowest BCUT2D eigenvalue weighted by Crippen LogP contribution is -2.54. The molecule has 0 atom stereocenters. The second-order valence-corrected chi connectivity index (χ2v) is 10.4. The highest BCUT2D eigenvalue weighted by Crippen LogP contribution is 2.37. The number of hydrogen-bond acceptors (Lipinski definition) is 5. The number of anilines is 1. The smallest absolute Gasteiger partial charge is 0.270 e. The number of benzene rings is 4. The number of allylic oxidation sites excluding steroid dienone is 1. The van der Waals surface area contributed by atoms with Crippen LogP contribution in [0, 0.1) is 0 Å². The van der Waals surface area contributed by atoms with E-state index in [0.29, 0.717) is 30.1 Å². The Hall–Kier alpha value is -4.17. The van der Waals surface area contributed by atoms with Crippen LogP contribution in [0.3, 0.4) is 0 Å². The highest BCUT2D eigenvalue weighted by Gasteiger charge is 2.35. The van der Waals surface area contributed by atoms with Crippen molar-refractivity contribution in [2.24, 2.45) is 0 Å². The Labute approximate surface area is 252 Å². The van der Waals surface area contributed by atoms with E-state index in [-0.39, 0.29) is 26.4 Å². The minimum atomic E-state index is -0.635. The van der Waals surface area contributed by atoms with Crippen LogP contribution in [0.15, 0.2) is 91.0 Å². The molecule has 0 aromatic heterocycles. The predicted molar refractivity (Wildman–Crippen MR) is 168 cm³/mol. The fourth-order valence-electron chi connectivity index (χ4n) is 4.58. The number of nitrogens with zero attached hydrogens (tertiary/aromatic N) is 1. The molecule has 1 aliphatic heterocycles. The van der Waals surface area contributed by atoms with Crippen LogP contribution in [-0.4, -0.2) is 24.0 Å². The van der Waals surface area contributed by atoms with Crippen molar-refractivity contribution >= 4 is 74.9 Å². The van der Waals surface area contributed by atoms with Gasteiger partial charge in [-0.25, -0.2) is 0 Å². The van der Waals surface area contributed by atoms with E-state index in [2.05, 4.69) is 36.2 Å². The first-order valence-electron chi connectivity index (χ1n) is 12.6. The number of ether oxygens (including phenoxy) is 2. The van der Waals surface area contributed by atoms with Crippen molar-refractivity contribution in [1.82, 2.24) is 5.32 Å². The number of carbonyl (C=O) groups is 2. The number of rotatable bonds is 8. The molecule has 5 rings (SSSR count). The molecule has 1 N–H and O–H groups in total. The molecule has 0 spiro atoms. The number of hydrogen-bond donors (Lipinski definition) is 1. The SMILES string of the molecule is C=CCc1cc(/C=C2\C(=O)NC(=S)N(c3cccc(Cl)c3Cl)C2=O)cc(OC)c1OCc1ccc2ccccc2c1. The highest BCUT2D eigenvalue weighted by molar-refractivity contribution is 7.80. The van der Waals surface area contributed by atoms with Crippen molar-refractivity contribution in [2.45, 2.75) is 13.0 Å². The maximum Gasteiger partial charge on any atom is 0.270 e. The number of fused-ring (bicyclic) bond motifs is 1. The standard InChI is InChI=1S/C32H24Cl2N2O4S/c1-3-7-23-15-20(16-24-30(37)35-32(41)36(31(24)38)26-11-6-10-25(33)28(26)34)17-27(39-2)29(23)40-18-19-12-13-21-8-4-5-9-22(21)14-19/h3-6,8-17H,1,7,18H2,2H3,(H,35,37,41)/b24-16+. The summed E-state index contributed by atoms with van der Waals surface area (Å²) in [6.07, 6.45) is 3.69. The van der Waals surface area contributed by atoms with E-state index in [1.165, 1.54) is 13.2 Å². The second-order valence-electron chi connectivity index (χ2n) is 9.21. The van der Waals surface area contributed by atoms with Gasteiger partial charge in [-0.3, -0.25) is 19.8 Å². The summed E-state index contributed by atoms with van der Waals surface area (Å²) < 4.78 is 11.9. The van der Waals surface area contributed by atoms with Crippen LogP contribution in [0.25, 0.3) is 16.8 Å². The van der Waals surface area contributed by atoms with Crippen molar-refractivity contribution in [2.75, 3.05) is 12.0 Å². The Morgan fingerprint density at radius 2 is 1.78 bits per heavy atom. The summed E-state index contributed by atoms with van der Waals surface area (Å²) in [4.78, 5) is 27.6. The zero-order valence-corrected chi connectivity index (χ0v) is 24.3. The fraction of sp³-hybridized carbons (Fsp3) is 0.0938. The first-order valence-corrected chi connectivity index (χ1v) is 13.7. The van der Waals surface area contributed by atoms with E-state index >= 15 is 0 Å². The van der Waals surface area contributed by atoms with Crippen LogP contribution in [-0.2, 0) is 22.6 Å². The lowest BCUT2D eigenvalue weighted by Gasteiger charge is -2.29. The lowest BCUT2D eigenvalue weighted by molar-refractivity contribution is -0.122. The van der Waals surface area contributed by atoms with Gasteiger partial charge in [0.05, 0.1) is 22.8 Å². The van der Waals surface area contributed by atoms with Crippen LogP contribution in [0.4, 0.5) is 5.69 Å². The molecule has 0 bridgehead atoms. The summed E-state index contributed by atoms with van der Waals surface area (Å²) in [7, 11) is 1.53. The first-order chi connectivity index (χ1) is 19.8. The third-order valence-electron chi connectivity index (χ3n) is 6.52. The molecule has 1 saturated heterocycles. The van der Waals surface area contributed by atoms with E-state index in [1.807, 2.05) is 24.3 Å². The van der Waals surface area contributed by atoms with Crippen LogP contribution < -0.4 is 19.7 Å². The van der Waals surface area contributed by atoms with Gasteiger partial charge in [-0.2, -0.15) is 0 Å². The van der Waals surface area contributed by atoms with Crippen molar-refractivity contribution < 1.29 is 19.1 Å². The zero-order chi connectivity index (χ0) is 29.1. The first kappa shape index (κ1) is 28.4. The molecule has 4 aromatic carbocycles. The molecule has 1 heterocycles. The van der Waals surface area contributed by atoms with Gasteiger partial charge >= 0.3 is 0 Å². The topological polar surface area (TPSA) is 67.9 Å². The van der Waals surface area contributed by atoms with Gasteiger partial charge in [-0.05, 0) is 76.9 Å². The Bertz CT molecular complexity index is 1750. The molecule has 41 heavy (non-hydrogen) atoms. The third kappa shape index (κ3) is 5.84. The Kier molecular flexibility index (Phi) is 8.40. The molecule has 206 valence electrons. The van der Waals surface area contributed by atoms with Crippen molar-refractivity contribution in [1.29, 1.82) is 0 Å². The summed E-state index contributed by atoms with van der Waals surface area (Å²) in [6, 6.07) is 22.7. The maximum atomic E-state index is 13.5. The molecular formula is C32H24Cl2N2O4S. The minimum absolute atomic E-state index is 0.0938.